The lowest BCUT2D eigenvalue weighted by molar-refractivity contribution is 0.136. The van der Waals surface area contributed by atoms with E-state index in [1.165, 1.54) is 6.42 Å². The highest BCUT2D eigenvalue weighted by Crippen LogP contribution is 2.37. The number of rotatable bonds is 7. The van der Waals surface area contributed by atoms with Crippen LogP contribution in [0.1, 0.15) is 61.8 Å². The summed E-state index contributed by atoms with van der Waals surface area (Å²) in [7, 11) is 6.04. The van der Waals surface area contributed by atoms with Gasteiger partial charge in [0.1, 0.15) is 0 Å². The third-order valence-corrected chi connectivity index (χ3v) is 5.69. The standard InChI is InChI=1S/C16H33B/c1-9-10(2)11(3)12(4)13(5)14(6)15(7)16(8)17/h10-16H,9H2,1-8H3. The summed E-state index contributed by atoms with van der Waals surface area (Å²) in [6, 6.07) is 0. The van der Waals surface area contributed by atoms with Gasteiger partial charge in [-0.15, -0.1) is 0 Å². The van der Waals surface area contributed by atoms with Gasteiger partial charge in [-0.2, -0.15) is 0 Å². The van der Waals surface area contributed by atoms with E-state index in [4.69, 9.17) is 7.85 Å². The van der Waals surface area contributed by atoms with E-state index in [1.807, 2.05) is 0 Å². The highest BCUT2D eigenvalue weighted by atomic mass is 14.3. The van der Waals surface area contributed by atoms with Gasteiger partial charge in [-0.1, -0.05) is 67.6 Å². The third kappa shape index (κ3) is 4.68. The molecule has 0 aromatic carbocycles. The van der Waals surface area contributed by atoms with Crippen LogP contribution in [0.2, 0.25) is 5.82 Å². The van der Waals surface area contributed by atoms with Crippen molar-refractivity contribution in [2.75, 3.05) is 0 Å². The summed E-state index contributed by atoms with van der Waals surface area (Å²) < 4.78 is 0. The van der Waals surface area contributed by atoms with Gasteiger partial charge in [0.2, 0.25) is 0 Å². The van der Waals surface area contributed by atoms with Crippen molar-refractivity contribution in [2.24, 2.45) is 35.5 Å². The Morgan fingerprint density at radius 2 is 1.00 bits per heavy atom. The fourth-order valence-corrected chi connectivity index (χ4v) is 2.81. The summed E-state index contributed by atoms with van der Waals surface area (Å²) in [5.74, 6) is 4.77. The van der Waals surface area contributed by atoms with E-state index in [-0.39, 0.29) is 0 Å². The van der Waals surface area contributed by atoms with Crippen LogP contribution in [0, 0.1) is 35.5 Å². The Labute approximate surface area is 111 Å². The minimum absolute atomic E-state index is 0.304. The first-order valence-corrected chi connectivity index (χ1v) is 7.49. The molecule has 0 aromatic rings. The molecule has 0 heterocycles. The molecule has 0 saturated heterocycles. The monoisotopic (exact) mass is 236 g/mol. The van der Waals surface area contributed by atoms with E-state index >= 15 is 0 Å². The highest BCUT2D eigenvalue weighted by molar-refractivity contribution is 6.11. The molecular formula is C16H33B. The summed E-state index contributed by atoms with van der Waals surface area (Å²) in [4.78, 5) is 0. The summed E-state index contributed by atoms with van der Waals surface area (Å²) in [5, 5.41) is 0. The minimum atomic E-state index is 0.304. The molecule has 0 aliphatic carbocycles. The van der Waals surface area contributed by atoms with Crippen molar-refractivity contribution < 1.29 is 0 Å². The molecule has 7 unspecified atom stereocenters. The lowest BCUT2D eigenvalue weighted by Gasteiger charge is -2.37. The van der Waals surface area contributed by atoms with Gasteiger partial charge in [0.05, 0.1) is 7.85 Å². The van der Waals surface area contributed by atoms with Crippen molar-refractivity contribution in [2.45, 2.75) is 67.6 Å². The van der Waals surface area contributed by atoms with Crippen LogP contribution >= 0.6 is 0 Å². The van der Waals surface area contributed by atoms with Gasteiger partial charge in [-0.3, -0.25) is 0 Å². The number of hydrogen-bond acceptors (Lipinski definition) is 0. The van der Waals surface area contributed by atoms with Gasteiger partial charge in [-0.25, -0.2) is 0 Å². The van der Waals surface area contributed by atoms with Gasteiger partial charge >= 0.3 is 0 Å². The second-order valence-corrected chi connectivity index (χ2v) is 6.54. The molecule has 0 aliphatic rings. The van der Waals surface area contributed by atoms with Crippen molar-refractivity contribution in [3.05, 3.63) is 0 Å². The molecule has 0 nitrogen and oxygen atoms in total. The molecule has 0 saturated carbocycles. The quantitative estimate of drug-likeness (QED) is 0.533. The topological polar surface area (TPSA) is 0 Å². The first-order valence-electron chi connectivity index (χ1n) is 7.49. The Balaban J connectivity index is 4.53. The molecule has 0 aliphatic heterocycles. The first-order chi connectivity index (χ1) is 7.73. The second-order valence-electron chi connectivity index (χ2n) is 6.54. The van der Waals surface area contributed by atoms with E-state index in [2.05, 4.69) is 55.4 Å². The summed E-state index contributed by atoms with van der Waals surface area (Å²) in [6.07, 6.45) is 1.29. The Morgan fingerprint density at radius 1 is 0.647 bits per heavy atom. The van der Waals surface area contributed by atoms with E-state index in [0.29, 0.717) is 17.7 Å². The molecule has 0 aromatic heterocycles. The summed E-state index contributed by atoms with van der Waals surface area (Å²) >= 11 is 0. The van der Waals surface area contributed by atoms with Crippen LogP contribution in [0.3, 0.4) is 0 Å². The Kier molecular flexibility index (Phi) is 7.52. The van der Waals surface area contributed by atoms with Gasteiger partial charge < -0.3 is 0 Å². The number of hydrogen-bond donors (Lipinski definition) is 0. The maximum absolute atomic E-state index is 6.04. The molecule has 0 N–H and O–H groups in total. The van der Waals surface area contributed by atoms with Crippen LogP contribution in [0.4, 0.5) is 0 Å². The minimum Gasteiger partial charge on any atom is -0.0774 e. The van der Waals surface area contributed by atoms with Crippen LogP contribution in [-0.4, -0.2) is 7.85 Å². The van der Waals surface area contributed by atoms with Crippen molar-refractivity contribution >= 4 is 7.85 Å². The van der Waals surface area contributed by atoms with E-state index in [1.54, 1.807) is 0 Å². The Bertz CT molecular complexity index is 200. The van der Waals surface area contributed by atoms with Crippen molar-refractivity contribution in [1.82, 2.24) is 0 Å². The predicted molar refractivity (Wildman–Crippen MR) is 80.5 cm³/mol. The van der Waals surface area contributed by atoms with E-state index in [0.717, 1.165) is 23.7 Å². The first kappa shape index (κ1) is 17.1. The largest absolute Gasteiger partial charge is 0.0774 e. The Hall–Kier alpha value is 0.0649. The molecule has 0 spiro atoms. The van der Waals surface area contributed by atoms with Gasteiger partial charge in [0, 0.05) is 0 Å². The molecule has 7 atom stereocenters. The van der Waals surface area contributed by atoms with E-state index in [9.17, 15) is 0 Å². The third-order valence-electron chi connectivity index (χ3n) is 5.69. The molecule has 1 heteroatoms. The van der Waals surface area contributed by atoms with Crippen LogP contribution in [0.15, 0.2) is 0 Å². The SMILES string of the molecule is [B]C(C)C(C)C(C)C(C)C(C)C(C)C(C)CC. The molecule has 2 radical (unpaired) electrons. The molecule has 0 bridgehead atoms. The van der Waals surface area contributed by atoms with Crippen LogP contribution < -0.4 is 0 Å². The van der Waals surface area contributed by atoms with E-state index < -0.39 is 0 Å². The van der Waals surface area contributed by atoms with Gasteiger partial charge in [0.15, 0.2) is 0 Å². The zero-order valence-electron chi connectivity index (χ0n) is 13.3. The lowest BCUT2D eigenvalue weighted by atomic mass is 9.65. The molecule has 0 amide bonds. The normalized spacial score (nSPS) is 24.5. The van der Waals surface area contributed by atoms with Crippen LogP contribution in [0.25, 0.3) is 0 Å². The maximum Gasteiger partial charge on any atom is 0.0699 e. The highest BCUT2D eigenvalue weighted by Gasteiger charge is 2.29. The fraction of sp³-hybridized carbons (Fsp3) is 1.00. The zero-order chi connectivity index (χ0) is 13.7. The lowest BCUT2D eigenvalue weighted by Crippen LogP contribution is -2.30. The van der Waals surface area contributed by atoms with Gasteiger partial charge in [-0.05, 0) is 35.5 Å². The molecule has 0 fully saturated rings. The van der Waals surface area contributed by atoms with Crippen LogP contribution in [-0.2, 0) is 0 Å². The Morgan fingerprint density at radius 3 is 1.35 bits per heavy atom. The fourth-order valence-electron chi connectivity index (χ4n) is 2.81. The summed E-state index contributed by atoms with van der Waals surface area (Å²) in [5.41, 5.74) is 0. The molecular weight excluding hydrogens is 203 g/mol. The van der Waals surface area contributed by atoms with Crippen molar-refractivity contribution in [3.63, 3.8) is 0 Å². The smallest absolute Gasteiger partial charge is 0.0699 e. The second kappa shape index (κ2) is 7.49. The summed E-state index contributed by atoms with van der Waals surface area (Å²) in [6.45, 7) is 18.7. The van der Waals surface area contributed by atoms with Crippen molar-refractivity contribution in [1.29, 1.82) is 0 Å². The zero-order valence-corrected chi connectivity index (χ0v) is 13.3. The average molecular weight is 236 g/mol. The molecule has 100 valence electrons. The molecule has 17 heavy (non-hydrogen) atoms. The van der Waals surface area contributed by atoms with Gasteiger partial charge in [0.25, 0.3) is 0 Å². The maximum atomic E-state index is 6.04. The van der Waals surface area contributed by atoms with Crippen LogP contribution in [0.5, 0.6) is 0 Å². The predicted octanol–water partition coefficient (Wildman–Crippen LogP) is 5.19. The molecule has 0 rings (SSSR count). The van der Waals surface area contributed by atoms with Crippen molar-refractivity contribution in [3.8, 4) is 0 Å². The average Bonchev–Trinajstić information content (AvgIpc) is 2.32.